The Morgan fingerprint density at radius 1 is 1.09 bits per heavy atom. The summed E-state index contributed by atoms with van der Waals surface area (Å²) in [6.45, 7) is 5.57. The van der Waals surface area contributed by atoms with Crippen LogP contribution in [0.5, 0.6) is 0 Å². The van der Waals surface area contributed by atoms with Gasteiger partial charge in [-0.25, -0.2) is 9.78 Å². The van der Waals surface area contributed by atoms with E-state index >= 15 is 0 Å². The fourth-order valence-electron chi connectivity index (χ4n) is 2.17. The molecule has 5 heteroatoms. The maximum Gasteiger partial charge on any atom is 0.349 e. The summed E-state index contributed by atoms with van der Waals surface area (Å²) in [7, 11) is 0. The summed E-state index contributed by atoms with van der Waals surface area (Å²) in [5.74, 6) is -0.337. The maximum atomic E-state index is 12.6. The van der Waals surface area contributed by atoms with Gasteiger partial charge in [-0.2, -0.15) is 0 Å². The van der Waals surface area contributed by atoms with E-state index < -0.39 is 5.60 Å². The Kier molecular flexibility index (Phi) is 3.66. The van der Waals surface area contributed by atoms with Crippen LogP contribution in [-0.2, 0) is 4.74 Å². The zero-order valence-corrected chi connectivity index (χ0v) is 13.5. The van der Waals surface area contributed by atoms with Crippen molar-refractivity contribution < 1.29 is 9.53 Å². The van der Waals surface area contributed by atoms with Gasteiger partial charge in [-0.05, 0) is 26.3 Å². The third kappa shape index (κ3) is 2.85. The number of benzene rings is 1. The lowest BCUT2D eigenvalue weighted by Gasteiger charge is -2.19. The highest BCUT2D eigenvalue weighted by atomic mass is 32.1. The summed E-state index contributed by atoms with van der Waals surface area (Å²) in [5.41, 5.74) is 1.93. The number of hydrogen-bond donors (Lipinski definition) is 0. The number of ether oxygens (including phenoxy) is 1. The molecule has 0 amide bonds. The molecule has 1 aromatic carbocycles. The molecule has 0 aliphatic carbocycles. The second kappa shape index (κ2) is 5.50. The number of carbonyl (C=O) groups is 1. The Morgan fingerprint density at radius 2 is 1.77 bits per heavy atom. The fourth-order valence-corrected chi connectivity index (χ4v) is 3.17. The number of esters is 1. The zero-order chi connectivity index (χ0) is 15.7. The molecule has 0 bridgehead atoms. The molecule has 4 nitrogen and oxygen atoms in total. The average molecular weight is 312 g/mol. The first-order valence-corrected chi connectivity index (χ1v) is 7.79. The monoisotopic (exact) mass is 312 g/mol. The lowest BCUT2D eigenvalue weighted by Crippen LogP contribution is -2.23. The van der Waals surface area contributed by atoms with E-state index in [0.29, 0.717) is 4.88 Å². The number of hydrogen-bond acceptors (Lipinski definition) is 5. The average Bonchev–Trinajstić information content (AvgIpc) is 2.86. The Balaban J connectivity index is 2.20. The molecule has 0 aliphatic heterocycles. The van der Waals surface area contributed by atoms with Gasteiger partial charge in [-0.15, -0.1) is 11.3 Å². The second-order valence-corrected chi connectivity index (χ2v) is 6.88. The van der Waals surface area contributed by atoms with Crippen LogP contribution in [0.15, 0.2) is 42.7 Å². The summed E-state index contributed by atoms with van der Waals surface area (Å²) >= 11 is 1.32. The highest BCUT2D eigenvalue weighted by Crippen LogP contribution is 2.37. The van der Waals surface area contributed by atoms with Crippen molar-refractivity contribution in [1.82, 2.24) is 9.97 Å². The normalized spacial score (nSPS) is 11.6. The van der Waals surface area contributed by atoms with Gasteiger partial charge in [0, 0.05) is 18.0 Å². The minimum absolute atomic E-state index is 0.337. The minimum Gasteiger partial charge on any atom is -0.456 e. The van der Waals surface area contributed by atoms with Crippen LogP contribution in [-0.4, -0.2) is 21.5 Å². The van der Waals surface area contributed by atoms with Gasteiger partial charge in [0.1, 0.15) is 20.8 Å². The van der Waals surface area contributed by atoms with Gasteiger partial charge in [-0.3, -0.25) is 4.98 Å². The van der Waals surface area contributed by atoms with E-state index in [0.717, 1.165) is 21.5 Å². The van der Waals surface area contributed by atoms with Gasteiger partial charge in [0.2, 0.25) is 0 Å². The predicted octanol–water partition coefficient (Wildman–Crippen LogP) is 4.31. The smallest absolute Gasteiger partial charge is 0.349 e. The Bertz CT molecular complexity index is 820. The number of carbonyl (C=O) groups excluding carboxylic acids is 1. The molecule has 0 unspecified atom stereocenters. The molecule has 0 atom stereocenters. The van der Waals surface area contributed by atoms with Gasteiger partial charge in [0.25, 0.3) is 0 Å². The first-order chi connectivity index (χ1) is 10.5. The SMILES string of the molecule is CC(C)(C)OC(=O)c1sc2nccnc2c1-c1ccccc1. The topological polar surface area (TPSA) is 52.1 Å². The molecule has 22 heavy (non-hydrogen) atoms. The van der Waals surface area contributed by atoms with E-state index in [9.17, 15) is 4.79 Å². The van der Waals surface area contributed by atoms with Crippen molar-refractivity contribution in [2.75, 3.05) is 0 Å². The number of thiophene rings is 1. The van der Waals surface area contributed by atoms with Gasteiger partial charge >= 0.3 is 5.97 Å². The number of rotatable bonds is 2. The molecule has 3 rings (SSSR count). The third-order valence-corrected chi connectivity index (χ3v) is 4.04. The maximum absolute atomic E-state index is 12.6. The van der Waals surface area contributed by atoms with Crippen LogP contribution >= 0.6 is 11.3 Å². The number of nitrogens with zero attached hydrogens (tertiary/aromatic N) is 2. The first kappa shape index (κ1) is 14.7. The molecular weight excluding hydrogens is 296 g/mol. The van der Waals surface area contributed by atoms with Crippen LogP contribution in [0.2, 0.25) is 0 Å². The lowest BCUT2D eigenvalue weighted by atomic mass is 10.1. The molecule has 0 fully saturated rings. The number of aromatic nitrogens is 2. The number of fused-ring (bicyclic) bond motifs is 1. The highest BCUT2D eigenvalue weighted by Gasteiger charge is 2.25. The van der Waals surface area contributed by atoms with Crippen molar-refractivity contribution in [1.29, 1.82) is 0 Å². The Morgan fingerprint density at radius 3 is 2.45 bits per heavy atom. The third-order valence-electron chi connectivity index (χ3n) is 2.97. The highest BCUT2D eigenvalue weighted by molar-refractivity contribution is 7.21. The minimum atomic E-state index is -0.540. The standard InChI is InChI=1S/C17H16N2O2S/c1-17(2,3)21-16(20)14-12(11-7-5-4-6-8-11)13-15(22-14)19-10-9-18-13/h4-10H,1-3H3. The zero-order valence-electron chi connectivity index (χ0n) is 12.7. The molecule has 2 aromatic heterocycles. The van der Waals surface area contributed by atoms with Crippen LogP contribution in [0.4, 0.5) is 0 Å². The summed E-state index contributed by atoms with van der Waals surface area (Å²) in [6.07, 6.45) is 3.27. The Hall–Kier alpha value is -2.27. The quantitative estimate of drug-likeness (QED) is 0.662. The molecule has 112 valence electrons. The molecule has 0 aliphatic rings. The van der Waals surface area contributed by atoms with E-state index in [1.165, 1.54) is 11.3 Å². The summed E-state index contributed by atoms with van der Waals surface area (Å²) in [5, 5.41) is 0. The van der Waals surface area contributed by atoms with Crippen LogP contribution in [0.1, 0.15) is 30.4 Å². The predicted molar refractivity (Wildman–Crippen MR) is 88.0 cm³/mol. The van der Waals surface area contributed by atoms with Crippen LogP contribution in [0.25, 0.3) is 21.5 Å². The molecule has 0 N–H and O–H groups in total. The van der Waals surface area contributed by atoms with E-state index in [2.05, 4.69) is 9.97 Å². The molecule has 0 saturated carbocycles. The summed E-state index contributed by atoms with van der Waals surface area (Å²) in [4.78, 5) is 22.6. The lowest BCUT2D eigenvalue weighted by molar-refractivity contribution is 0.00761. The van der Waals surface area contributed by atoms with Crippen molar-refractivity contribution >= 4 is 27.7 Å². The van der Waals surface area contributed by atoms with Gasteiger partial charge in [0.05, 0.1) is 0 Å². The van der Waals surface area contributed by atoms with Crippen LogP contribution < -0.4 is 0 Å². The van der Waals surface area contributed by atoms with Crippen molar-refractivity contribution in [2.45, 2.75) is 26.4 Å². The second-order valence-electron chi connectivity index (χ2n) is 5.88. The largest absolute Gasteiger partial charge is 0.456 e. The Labute approximate surface area is 132 Å². The van der Waals surface area contributed by atoms with E-state index in [4.69, 9.17) is 4.74 Å². The van der Waals surface area contributed by atoms with Gasteiger partial charge in [0.15, 0.2) is 0 Å². The van der Waals surface area contributed by atoms with Crippen molar-refractivity contribution in [2.24, 2.45) is 0 Å². The molecule has 0 radical (unpaired) electrons. The molecule has 0 spiro atoms. The molecule has 3 aromatic rings. The van der Waals surface area contributed by atoms with E-state index in [1.807, 2.05) is 51.1 Å². The van der Waals surface area contributed by atoms with Gasteiger partial charge < -0.3 is 4.74 Å². The van der Waals surface area contributed by atoms with Crippen molar-refractivity contribution in [3.63, 3.8) is 0 Å². The van der Waals surface area contributed by atoms with Crippen molar-refractivity contribution in [3.8, 4) is 11.1 Å². The van der Waals surface area contributed by atoms with E-state index in [-0.39, 0.29) is 5.97 Å². The first-order valence-electron chi connectivity index (χ1n) is 6.98. The summed E-state index contributed by atoms with van der Waals surface area (Å²) in [6, 6.07) is 9.74. The summed E-state index contributed by atoms with van der Waals surface area (Å²) < 4.78 is 5.53. The van der Waals surface area contributed by atoms with Gasteiger partial charge in [-0.1, -0.05) is 30.3 Å². The molecular formula is C17H16N2O2S. The van der Waals surface area contributed by atoms with E-state index in [1.54, 1.807) is 12.4 Å². The van der Waals surface area contributed by atoms with Crippen LogP contribution in [0.3, 0.4) is 0 Å². The molecule has 2 heterocycles. The van der Waals surface area contributed by atoms with Crippen LogP contribution in [0, 0.1) is 0 Å². The molecule has 0 saturated heterocycles. The fraction of sp³-hybridized carbons (Fsp3) is 0.235. The van der Waals surface area contributed by atoms with Crippen molar-refractivity contribution in [3.05, 3.63) is 47.6 Å².